The van der Waals surface area contributed by atoms with Crippen molar-refractivity contribution in [3.8, 4) is 0 Å². The van der Waals surface area contributed by atoms with Gasteiger partial charge in [-0.2, -0.15) is 0 Å². The minimum Gasteiger partial charge on any atom is -0.336 e. The van der Waals surface area contributed by atoms with Crippen LogP contribution in [-0.4, -0.2) is 9.55 Å². The first-order chi connectivity index (χ1) is 8.78. The predicted molar refractivity (Wildman–Crippen MR) is 75.8 cm³/mol. The SMILES string of the molecule is Cc1csc(Cn2c(CN)cc3ccccc32)n1. The third-order valence-electron chi connectivity index (χ3n) is 3.07. The maximum absolute atomic E-state index is 5.84. The number of fused-ring (bicyclic) bond motifs is 1. The molecule has 0 aliphatic heterocycles. The van der Waals surface area contributed by atoms with E-state index in [0.717, 1.165) is 22.9 Å². The zero-order chi connectivity index (χ0) is 12.5. The molecule has 2 heterocycles. The summed E-state index contributed by atoms with van der Waals surface area (Å²) in [5.41, 5.74) is 9.30. The van der Waals surface area contributed by atoms with E-state index in [1.165, 1.54) is 10.9 Å². The molecule has 0 amide bonds. The molecular weight excluding hydrogens is 242 g/mol. The molecule has 0 saturated heterocycles. The minimum absolute atomic E-state index is 0.555. The molecule has 0 atom stereocenters. The van der Waals surface area contributed by atoms with E-state index >= 15 is 0 Å². The zero-order valence-electron chi connectivity index (χ0n) is 10.3. The lowest BCUT2D eigenvalue weighted by atomic mass is 10.2. The van der Waals surface area contributed by atoms with Crippen molar-refractivity contribution >= 4 is 22.2 Å². The van der Waals surface area contributed by atoms with Crippen molar-refractivity contribution in [1.29, 1.82) is 0 Å². The van der Waals surface area contributed by atoms with Crippen LogP contribution in [0.3, 0.4) is 0 Å². The number of hydrogen-bond donors (Lipinski definition) is 1. The van der Waals surface area contributed by atoms with Crippen LogP contribution >= 0.6 is 11.3 Å². The molecule has 0 unspecified atom stereocenters. The van der Waals surface area contributed by atoms with E-state index in [2.05, 4.69) is 45.3 Å². The Labute approximate surface area is 110 Å². The Morgan fingerprint density at radius 3 is 2.89 bits per heavy atom. The van der Waals surface area contributed by atoms with Gasteiger partial charge < -0.3 is 10.3 Å². The van der Waals surface area contributed by atoms with Crippen LogP contribution in [0.2, 0.25) is 0 Å². The van der Waals surface area contributed by atoms with Gasteiger partial charge >= 0.3 is 0 Å². The fourth-order valence-electron chi connectivity index (χ4n) is 2.23. The van der Waals surface area contributed by atoms with Gasteiger partial charge in [0.05, 0.1) is 6.54 Å². The second-order valence-electron chi connectivity index (χ2n) is 4.37. The summed E-state index contributed by atoms with van der Waals surface area (Å²) >= 11 is 1.70. The summed E-state index contributed by atoms with van der Waals surface area (Å²) in [5, 5.41) is 4.46. The van der Waals surface area contributed by atoms with Crippen molar-refractivity contribution in [2.75, 3.05) is 0 Å². The molecule has 2 aromatic heterocycles. The Balaban J connectivity index is 2.09. The molecule has 3 aromatic rings. The van der Waals surface area contributed by atoms with Gasteiger partial charge in [0, 0.05) is 28.8 Å². The van der Waals surface area contributed by atoms with Crippen molar-refractivity contribution in [2.24, 2.45) is 5.73 Å². The van der Waals surface area contributed by atoms with Crippen molar-refractivity contribution in [3.63, 3.8) is 0 Å². The van der Waals surface area contributed by atoms with Gasteiger partial charge in [0.2, 0.25) is 0 Å². The van der Waals surface area contributed by atoms with Gasteiger partial charge in [0.15, 0.2) is 0 Å². The Bertz CT molecular complexity index is 681. The van der Waals surface area contributed by atoms with Crippen molar-refractivity contribution < 1.29 is 0 Å². The van der Waals surface area contributed by atoms with Crippen molar-refractivity contribution in [1.82, 2.24) is 9.55 Å². The van der Waals surface area contributed by atoms with Gasteiger partial charge in [-0.3, -0.25) is 0 Å². The molecule has 18 heavy (non-hydrogen) atoms. The Morgan fingerprint density at radius 1 is 1.33 bits per heavy atom. The molecule has 92 valence electrons. The summed E-state index contributed by atoms with van der Waals surface area (Å²) in [6.07, 6.45) is 0. The normalized spacial score (nSPS) is 11.2. The maximum atomic E-state index is 5.84. The molecule has 3 rings (SSSR count). The smallest absolute Gasteiger partial charge is 0.113 e. The van der Waals surface area contributed by atoms with Crippen LogP contribution in [0.25, 0.3) is 10.9 Å². The van der Waals surface area contributed by atoms with Gasteiger partial charge in [-0.1, -0.05) is 18.2 Å². The highest BCUT2D eigenvalue weighted by molar-refractivity contribution is 7.09. The molecule has 4 heteroatoms. The molecular formula is C14H15N3S. The largest absolute Gasteiger partial charge is 0.336 e. The van der Waals surface area contributed by atoms with Crippen LogP contribution in [0, 0.1) is 6.92 Å². The van der Waals surface area contributed by atoms with Gasteiger partial charge in [-0.25, -0.2) is 4.98 Å². The standard InChI is InChI=1S/C14H15N3S/c1-10-9-18-14(16-10)8-17-12(7-15)6-11-4-2-3-5-13(11)17/h2-6,9H,7-8,15H2,1H3. The summed E-state index contributed by atoms with van der Waals surface area (Å²) < 4.78 is 2.26. The van der Waals surface area contributed by atoms with E-state index in [0.29, 0.717) is 6.54 Å². The highest BCUT2D eigenvalue weighted by atomic mass is 32.1. The average Bonchev–Trinajstić information content (AvgIpc) is 2.94. The average molecular weight is 257 g/mol. The van der Waals surface area contributed by atoms with E-state index < -0.39 is 0 Å². The second kappa shape index (κ2) is 4.55. The summed E-state index contributed by atoms with van der Waals surface area (Å²) in [5.74, 6) is 0. The van der Waals surface area contributed by atoms with Gasteiger partial charge in [0.25, 0.3) is 0 Å². The van der Waals surface area contributed by atoms with Crippen LogP contribution in [0.15, 0.2) is 35.7 Å². The van der Waals surface area contributed by atoms with Crippen LogP contribution in [0.1, 0.15) is 16.4 Å². The lowest BCUT2D eigenvalue weighted by Gasteiger charge is -2.07. The molecule has 1 aromatic carbocycles. The lowest BCUT2D eigenvalue weighted by Crippen LogP contribution is -2.08. The highest BCUT2D eigenvalue weighted by Crippen LogP contribution is 2.22. The molecule has 2 N–H and O–H groups in total. The number of rotatable bonds is 3. The summed E-state index contributed by atoms with van der Waals surface area (Å²) in [7, 11) is 0. The van der Waals surface area contributed by atoms with Crippen LogP contribution in [0.4, 0.5) is 0 Å². The number of aromatic nitrogens is 2. The predicted octanol–water partition coefficient (Wildman–Crippen LogP) is 2.91. The number of hydrogen-bond acceptors (Lipinski definition) is 3. The molecule has 3 nitrogen and oxygen atoms in total. The lowest BCUT2D eigenvalue weighted by molar-refractivity contribution is 0.761. The number of nitrogens with zero attached hydrogens (tertiary/aromatic N) is 2. The number of aryl methyl sites for hydroxylation is 1. The maximum Gasteiger partial charge on any atom is 0.113 e. The number of nitrogens with two attached hydrogens (primary N) is 1. The van der Waals surface area contributed by atoms with Crippen molar-refractivity contribution in [2.45, 2.75) is 20.0 Å². The van der Waals surface area contributed by atoms with Crippen molar-refractivity contribution in [3.05, 3.63) is 52.1 Å². The molecule has 0 bridgehead atoms. The molecule has 0 aliphatic carbocycles. The van der Waals surface area contributed by atoms with Gasteiger partial charge in [-0.05, 0) is 24.4 Å². The number of para-hydroxylation sites is 1. The van der Waals surface area contributed by atoms with E-state index in [1.54, 1.807) is 11.3 Å². The van der Waals surface area contributed by atoms with Crippen LogP contribution in [-0.2, 0) is 13.1 Å². The van der Waals surface area contributed by atoms with Crippen LogP contribution in [0.5, 0.6) is 0 Å². The number of thiazole rings is 1. The van der Waals surface area contributed by atoms with E-state index in [4.69, 9.17) is 5.73 Å². The van der Waals surface area contributed by atoms with E-state index in [1.807, 2.05) is 6.92 Å². The summed E-state index contributed by atoms with van der Waals surface area (Å²) in [4.78, 5) is 4.52. The third kappa shape index (κ3) is 1.94. The molecule has 0 aliphatic rings. The monoisotopic (exact) mass is 257 g/mol. The molecule has 0 spiro atoms. The first-order valence-corrected chi connectivity index (χ1v) is 6.84. The molecule has 0 radical (unpaired) electrons. The topological polar surface area (TPSA) is 43.8 Å². The zero-order valence-corrected chi connectivity index (χ0v) is 11.1. The Kier molecular flexibility index (Phi) is 2.89. The number of benzene rings is 1. The Hall–Kier alpha value is -1.65. The first-order valence-electron chi connectivity index (χ1n) is 5.96. The molecule has 0 saturated carbocycles. The summed E-state index contributed by atoms with van der Waals surface area (Å²) in [6.45, 7) is 3.38. The molecule has 0 fully saturated rings. The fraction of sp³-hybridized carbons (Fsp3) is 0.214. The summed E-state index contributed by atoms with van der Waals surface area (Å²) in [6, 6.07) is 10.5. The van der Waals surface area contributed by atoms with E-state index in [9.17, 15) is 0 Å². The third-order valence-corrected chi connectivity index (χ3v) is 4.02. The highest BCUT2D eigenvalue weighted by Gasteiger charge is 2.09. The quantitative estimate of drug-likeness (QED) is 0.784. The van der Waals surface area contributed by atoms with Crippen LogP contribution < -0.4 is 5.73 Å². The first kappa shape index (κ1) is 11.4. The fourth-order valence-corrected chi connectivity index (χ4v) is 2.99. The minimum atomic E-state index is 0.555. The van der Waals surface area contributed by atoms with Gasteiger partial charge in [0.1, 0.15) is 5.01 Å². The second-order valence-corrected chi connectivity index (χ2v) is 5.31. The Morgan fingerprint density at radius 2 is 2.17 bits per heavy atom. The van der Waals surface area contributed by atoms with E-state index in [-0.39, 0.29) is 0 Å². The van der Waals surface area contributed by atoms with Gasteiger partial charge in [-0.15, -0.1) is 11.3 Å².